The summed E-state index contributed by atoms with van der Waals surface area (Å²) in [5, 5.41) is 0.147. The monoisotopic (exact) mass is 495 g/mol. The smallest absolute Gasteiger partial charge is 0.409 e. The van der Waals surface area contributed by atoms with Crippen molar-refractivity contribution < 1.29 is 27.5 Å². The molecule has 0 saturated carbocycles. The second kappa shape index (κ2) is 10.8. The van der Waals surface area contributed by atoms with Crippen molar-refractivity contribution in [1.82, 2.24) is 9.80 Å². The van der Waals surface area contributed by atoms with Crippen LogP contribution in [0.15, 0.2) is 47.4 Å². The van der Waals surface area contributed by atoms with Crippen molar-refractivity contribution in [3.63, 3.8) is 0 Å². The number of hydrogen-bond donors (Lipinski definition) is 1. The van der Waals surface area contributed by atoms with Gasteiger partial charge in [-0.1, -0.05) is 11.6 Å². The van der Waals surface area contributed by atoms with E-state index in [0.717, 1.165) is 0 Å². The predicted molar refractivity (Wildman–Crippen MR) is 124 cm³/mol. The number of nitrogens with zero attached hydrogens (tertiary/aromatic N) is 2. The van der Waals surface area contributed by atoms with E-state index < -0.39 is 22.0 Å². The van der Waals surface area contributed by atoms with Crippen LogP contribution in [0.5, 0.6) is 5.75 Å². The SMILES string of the molecule is CCOc1ccc(NS(=O)(=O)c2ccc(Cl)c(C(=O)N3CCCN(C(=O)OC)CC3)c2)cc1. The number of benzene rings is 2. The quantitative estimate of drug-likeness (QED) is 0.658. The molecule has 2 aromatic rings. The Morgan fingerprint density at radius 1 is 1.03 bits per heavy atom. The fourth-order valence-electron chi connectivity index (χ4n) is 3.44. The van der Waals surface area contributed by atoms with Crippen LogP contribution in [0.1, 0.15) is 23.7 Å². The maximum Gasteiger partial charge on any atom is 0.409 e. The number of hydrogen-bond acceptors (Lipinski definition) is 6. The van der Waals surface area contributed by atoms with E-state index in [1.807, 2.05) is 6.92 Å². The summed E-state index contributed by atoms with van der Waals surface area (Å²) in [5.74, 6) is 0.230. The molecule has 0 aliphatic carbocycles. The summed E-state index contributed by atoms with van der Waals surface area (Å²) in [4.78, 5) is 27.9. The van der Waals surface area contributed by atoms with Gasteiger partial charge in [0.1, 0.15) is 5.75 Å². The van der Waals surface area contributed by atoms with Crippen LogP contribution in [0.25, 0.3) is 0 Å². The van der Waals surface area contributed by atoms with Gasteiger partial charge in [-0.3, -0.25) is 9.52 Å². The van der Waals surface area contributed by atoms with Gasteiger partial charge in [0.25, 0.3) is 15.9 Å². The largest absolute Gasteiger partial charge is 0.494 e. The maximum absolute atomic E-state index is 13.1. The lowest BCUT2D eigenvalue weighted by Crippen LogP contribution is -2.37. The van der Waals surface area contributed by atoms with Crippen molar-refractivity contribution in [1.29, 1.82) is 0 Å². The second-order valence-corrected chi connectivity index (χ2v) is 9.40. The van der Waals surface area contributed by atoms with E-state index >= 15 is 0 Å². The lowest BCUT2D eigenvalue weighted by Gasteiger charge is -2.22. The standard InChI is InChI=1S/C22H26ClN3O6S/c1-3-32-17-7-5-16(6-8-17)24-33(29,30)18-9-10-20(23)19(15-18)21(27)25-11-4-12-26(14-13-25)22(28)31-2/h5-10,15,24H,3-4,11-14H2,1-2H3. The number of rotatable bonds is 6. The van der Waals surface area contributed by atoms with Gasteiger partial charge in [0.15, 0.2) is 0 Å². The molecule has 9 nitrogen and oxygen atoms in total. The Morgan fingerprint density at radius 2 is 1.70 bits per heavy atom. The maximum atomic E-state index is 13.1. The van der Waals surface area contributed by atoms with Crippen molar-refractivity contribution in [2.75, 3.05) is 44.6 Å². The third kappa shape index (κ3) is 6.08. The van der Waals surface area contributed by atoms with E-state index in [-0.39, 0.29) is 22.0 Å². The van der Waals surface area contributed by atoms with Crippen LogP contribution in [0.2, 0.25) is 5.02 Å². The van der Waals surface area contributed by atoms with Gasteiger partial charge in [-0.25, -0.2) is 13.2 Å². The summed E-state index contributed by atoms with van der Waals surface area (Å²) < 4.78 is 38.4. The molecule has 1 fully saturated rings. The van der Waals surface area contributed by atoms with Crippen LogP contribution in [0.4, 0.5) is 10.5 Å². The molecule has 1 saturated heterocycles. The van der Waals surface area contributed by atoms with E-state index in [9.17, 15) is 18.0 Å². The summed E-state index contributed by atoms with van der Waals surface area (Å²) >= 11 is 6.25. The van der Waals surface area contributed by atoms with Crippen molar-refractivity contribution in [3.05, 3.63) is 53.1 Å². The average Bonchev–Trinajstić information content (AvgIpc) is 3.06. The number of methoxy groups -OCH3 is 1. The Morgan fingerprint density at radius 3 is 2.36 bits per heavy atom. The van der Waals surface area contributed by atoms with Gasteiger partial charge in [-0.2, -0.15) is 0 Å². The average molecular weight is 496 g/mol. The van der Waals surface area contributed by atoms with Crippen LogP contribution in [0, 0.1) is 0 Å². The van der Waals surface area contributed by atoms with Gasteiger partial charge in [0.2, 0.25) is 0 Å². The van der Waals surface area contributed by atoms with Crippen molar-refractivity contribution in [2.24, 2.45) is 0 Å². The molecular formula is C22H26ClN3O6S. The molecule has 0 radical (unpaired) electrons. The van der Waals surface area contributed by atoms with E-state index in [1.54, 1.807) is 29.2 Å². The van der Waals surface area contributed by atoms with Gasteiger partial charge in [-0.15, -0.1) is 0 Å². The Hall–Kier alpha value is -2.98. The molecule has 1 aliphatic heterocycles. The number of halogens is 1. The van der Waals surface area contributed by atoms with Gasteiger partial charge in [-0.05, 0) is 55.8 Å². The minimum atomic E-state index is -3.96. The summed E-state index contributed by atoms with van der Waals surface area (Å²) in [6, 6.07) is 10.5. The molecule has 11 heteroatoms. The van der Waals surface area contributed by atoms with Gasteiger partial charge in [0, 0.05) is 31.9 Å². The normalized spacial score (nSPS) is 14.4. The first kappa shape index (κ1) is 24.7. The van der Waals surface area contributed by atoms with E-state index in [0.29, 0.717) is 44.1 Å². The number of nitrogens with one attached hydrogen (secondary N) is 1. The minimum absolute atomic E-state index is 0.0813. The lowest BCUT2D eigenvalue weighted by atomic mass is 10.2. The number of carbonyl (C=O) groups excluding carboxylic acids is 2. The Labute approximate surface area is 198 Å². The van der Waals surface area contributed by atoms with E-state index in [1.165, 1.54) is 30.2 Å². The fraction of sp³-hybridized carbons (Fsp3) is 0.364. The highest BCUT2D eigenvalue weighted by atomic mass is 35.5. The zero-order chi connectivity index (χ0) is 24.0. The molecule has 1 aliphatic rings. The molecule has 0 bridgehead atoms. The third-order valence-corrected chi connectivity index (χ3v) is 6.82. The van der Waals surface area contributed by atoms with Crippen LogP contribution in [-0.2, 0) is 14.8 Å². The van der Waals surface area contributed by atoms with Gasteiger partial charge >= 0.3 is 6.09 Å². The molecule has 0 atom stereocenters. The van der Waals surface area contributed by atoms with Crippen molar-refractivity contribution in [3.8, 4) is 5.75 Å². The minimum Gasteiger partial charge on any atom is -0.494 e. The Balaban J connectivity index is 1.78. The molecule has 2 amide bonds. The highest BCUT2D eigenvalue weighted by molar-refractivity contribution is 7.92. The first-order valence-electron chi connectivity index (χ1n) is 10.4. The topological polar surface area (TPSA) is 105 Å². The highest BCUT2D eigenvalue weighted by Crippen LogP contribution is 2.25. The highest BCUT2D eigenvalue weighted by Gasteiger charge is 2.26. The molecule has 1 N–H and O–H groups in total. The molecule has 0 spiro atoms. The molecule has 0 aromatic heterocycles. The second-order valence-electron chi connectivity index (χ2n) is 7.31. The van der Waals surface area contributed by atoms with Crippen LogP contribution in [0.3, 0.4) is 0 Å². The number of amides is 2. The fourth-order valence-corrected chi connectivity index (χ4v) is 4.72. The van der Waals surface area contributed by atoms with Crippen LogP contribution in [-0.4, -0.2) is 70.1 Å². The molecular weight excluding hydrogens is 470 g/mol. The van der Waals surface area contributed by atoms with E-state index in [2.05, 4.69) is 4.72 Å². The molecule has 1 heterocycles. The number of carbonyl (C=O) groups is 2. The van der Waals surface area contributed by atoms with E-state index in [4.69, 9.17) is 21.1 Å². The Kier molecular flexibility index (Phi) is 8.04. The molecule has 2 aromatic carbocycles. The summed E-state index contributed by atoms with van der Waals surface area (Å²) in [5.41, 5.74) is 0.439. The Bertz CT molecular complexity index is 1110. The van der Waals surface area contributed by atoms with Gasteiger partial charge < -0.3 is 19.3 Å². The van der Waals surface area contributed by atoms with Crippen LogP contribution >= 0.6 is 11.6 Å². The first-order chi connectivity index (χ1) is 15.7. The predicted octanol–water partition coefficient (Wildman–Crippen LogP) is 3.45. The number of anilines is 1. The summed E-state index contributed by atoms with van der Waals surface area (Å²) in [6.45, 7) is 3.83. The molecule has 33 heavy (non-hydrogen) atoms. The molecule has 178 valence electrons. The number of sulfonamides is 1. The van der Waals surface area contributed by atoms with Crippen molar-refractivity contribution in [2.45, 2.75) is 18.2 Å². The van der Waals surface area contributed by atoms with Gasteiger partial charge in [0.05, 0.1) is 29.2 Å². The summed E-state index contributed by atoms with van der Waals surface area (Å²) in [6.07, 6.45) is 0.117. The number of ether oxygens (including phenoxy) is 2. The first-order valence-corrected chi connectivity index (χ1v) is 12.3. The van der Waals surface area contributed by atoms with Crippen molar-refractivity contribution >= 4 is 39.3 Å². The molecule has 0 unspecified atom stereocenters. The lowest BCUT2D eigenvalue weighted by molar-refractivity contribution is 0.0757. The zero-order valence-corrected chi connectivity index (χ0v) is 20.0. The zero-order valence-electron chi connectivity index (χ0n) is 18.4. The van der Waals surface area contributed by atoms with Crippen LogP contribution < -0.4 is 9.46 Å². The third-order valence-electron chi connectivity index (χ3n) is 5.11. The summed E-state index contributed by atoms with van der Waals surface area (Å²) in [7, 11) is -2.65. The molecule has 3 rings (SSSR count).